The second-order valence-electron chi connectivity index (χ2n) is 3.12. The van der Waals surface area contributed by atoms with E-state index in [0.717, 1.165) is 18.0 Å². The van der Waals surface area contributed by atoms with E-state index in [4.69, 9.17) is 10.8 Å². The van der Waals surface area contributed by atoms with Crippen LogP contribution in [0.2, 0.25) is 0 Å². The third kappa shape index (κ3) is 2.60. The zero-order valence-corrected chi connectivity index (χ0v) is 8.29. The number of hydrogen-bond acceptors (Lipinski definition) is 3. The van der Waals surface area contributed by atoms with E-state index in [1.54, 1.807) is 0 Å². The third-order valence-electron chi connectivity index (χ3n) is 1.77. The largest absolute Gasteiger partial charge is 0.444 e. The Morgan fingerprint density at radius 2 is 2.23 bits per heavy atom. The molecule has 3 nitrogen and oxygen atoms in total. The van der Waals surface area contributed by atoms with Crippen LogP contribution in [0, 0.1) is 26.2 Å². The van der Waals surface area contributed by atoms with Gasteiger partial charge in [-0.15, -0.1) is 6.42 Å². The Hall–Kier alpha value is -1.27. The summed E-state index contributed by atoms with van der Waals surface area (Å²) in [5.74, 6) is 4.19. The van der Waals surface area contributed by atoms with Crippen LogP contribution in [0.25, 0.3) is 0 Å². The van der Waals surface area contributed by atoms with Crippen LogP contribution in [-0.2, 0) is 6.54 Å². The summed E-state index contributed by atoms with van der Waals surface area (Å²) in [6.45, 7) is 5.13. The molecule has 0 amide bonds. The minimum atomic E-state index is 0.624. The molecule has 1 aromatic heterocycles. The quantitative estimate of drug-likeness (QED) is 0.654. The molecule has 0 aliphatic carbocycles. The molecule has 0 saturated carbocycles. The van der Waals surface area contributed by atoms with Gasteiger partial charge in [0.1, 0.15) is 5.76 Å². The molecule has 0 N–H and O–H groups in total. The smallest absolute Gasteiger partial charge is 0.191 e. The fourth-order valence-corrected chi connectivity index (χ4v) is 1.18. The van der Waals surface area contributed by atoms with E-state index in [9.17, 15) is 0 Å². The summed E-state index contributed by atoms with van der Waals surface area (Å²) in [7, 11) is 1.96. The summed E-state index contributed by atoms with van der Waals surface area (Å²) in [4.78, 5) is 6.19. The molecule has 0 aromatic carbocycles. The van der Waals surface area contributed by atoms with Crippen molar-refractivity contribution in [3.8, 4) is 12.3 Å². The van der Waals surface area contributed by atoms with Gasteiger partial charge in [0.15, 0.2) is 5.89 Å². The zero-order chi connectivity index (χ0) is 9.84. The average molecular weight is 178 g/mol. The summed E-state index contributed by atoms with van der Waals surface area (Å²) in [5.41, 5.74) is 0.946. The van der Waals surface area contributed by atoms with E-state index in [1.807, 2.05) is 25.8 Å². The Labute approximate surface area is 78.8 Å². The Morgan fingerprint density at radius 1 is 1.54 bits per heavy atom. The third-order valence-corrected chi connectivity index (χ3v) is 1.77. The minimum absolute atomic E-state index is 0.624. The number of oxazole rings is 1. The maximum atomic E-state index is 5.41. The molecule has 0 radical (unpaired) electrons. The van der Waals surface area contributed by atoms with E-state index >= 15 is 0 Å². The van der Waals surface area contributed by atoms with E-state index < -0.39 is 0 Å². The molecule has 1 rings (SSSR count). The molecular formula is C10H14N2O. The predicted molar refractivity (Wildman–Crippen MR) is 51.1 cm³/mol. The molecule has 0 bridgehead atoms. The lowest BCUT2D eigenvalue weighted by atomic mass is 10.3. The van der Waals surface area contributed by atoms with Gasteiger partial charge in [-0.05, 0) is 14.0 Å². The molecular weight excluding hydrogens is 164 g/mol. The Kier molecular flexibility index (Phi) is 3.10. The molecule has 13 heavy (non-hydrogen) atoms. The van der Waals surface area contributed by atoms with E-state index in [2.05, 4.69) is 10.9 Å². The van der Waals surface area contributed by atoms with Crippen LogP contribution < -0.4 is 0 Å². The van der Waals surface area contributed by atoms with Gasteiger partial charge in [0.05, 0.1) is 18.8 Å². The monoisotopic (exact) mass is 178 g/mol. The molecule has 0 fully saturated rings. The highest BCUT2D eigenvalue weighted by Crippen LogP contribution is 2.10. The summed E-state index contributed by atoms with van der Waals surface area (Å²) < 4.78 is 5.41. The highest BCUT2D eigenvalue weighted by molar-refractivity contribution is 5.07. The van der Waals surface area contributed by atoms with Gasteiger partial charge in [-0.25, -0.2) is 4.98 Å². The summed E-state index contributed by atoms with van der Waals surface area (Å²) in [5, 5.41) is 0. The summed E-state index contributed by atoms with van der Waals surface area (Å²) in [6, 6.07) is 0. The van der Waals surface area contributed by atoms with E-state index in [1.165, 1.54) is 0 Å². The van der Waals surface area contributed by atoms with Crippen LogP contribution in [0.5, 0.6) is 0 Å². The van der Waals surface area contributed by atoms with Gasteiger partial charge >= 0.3 is 0 Å². The van der Waals surface area contributed by atoms with Crippen LogP contribution in [0.4, 0.5) is 0 Å². The fraction of sp³-hybridized carbons (Fsp3) is 0.500. The molecule has 0 aliphatic rings. The van der Waals surface area contributed by atoms with Crippen molar-refractivity contribution in [3.05, 3.63) is 17.3 Å². The van der Waals surface area contributed by atoms with E-state index in [-0.39, 0.29) is 0 Å². The number of aryl methyl sites for hydroxylation is 2. The molecule has 0 atom stereocenters. The molecule has 0 spiro atoms. The molecule has 0 saturated heterocycles. The summed E-state index contributed by atoms with van der Waals surface area (Å²) in [6.07, 6.45) is 5.19. The Balaban J connectivity index is 2.64. The number of aromatic nitrogens is 1. The van der Waals surface area contributed by atoms with Gasteiger partial charge in [-0.2, -0.15) is 0 Å². The van der Waals surface area contributed by atoms with Crippen LogP contribution in [0.1, 0.15) is 17.3 Å². The molecule has 0 unspecified atom stereocenters. The van der Waals surface area contributed by atoms with Gasteiger partial charge in [0.2, 0.25) is 0 Å². The lowest BCUT2D eigenvalue weighted by molar-refractivity contribution is 0.321. The van der Waals surface area contributed by atoms with E-state index in [0.29, 0.717) is 12.4 Å². The van der Waals surface area contributed by atoms with Gasteiger partial charge < -0.3 is 4.42 Å². The van der Waals surface area contributed by atoms with Gasteiger partial charge in [0, 0.05) is 6.92 Å². The Bertz CT molecular complexity index is 322. The van der Waals surface area contributed by atoms with Gasteiger partial charge in [-0.1, -0.05) is 5.92 Å². The van der Waals surface area contributed by atoms with Crippen LogP contribution in [-0.4, -0.2) is 23.5 Å². The second-order valence-corrected chi connectivity index (χ2v) is 3.12. The molecule has 1 heterocycles. The highest BCUT2D eigenvalue weighted by atomic mass is 16.4. The van der Waals surface area contributed by atoms with Crippen LogP contribution in [0.15, 0.2) is 4.42 Å². The summed E-state index contributed by atoms with van der Waals surface area (Å²) >= 11 is 0. The van der Waals surface area contributed by atoms with Gasteiger partial charge in [-0.3, -0.25) is 4.90 Å². The lowest BCUT2D eigenvalue weighted by Gasteiger charge is -2.10. The normalized spacial score (nSPS) is 10.4. The lowest BCUT2D eigenvalue weighted by Crippen LogP contribution is -2.17. The first-order chi connectivity index (χ1) is 6.13. The van der Waals surface area contributed by atoms with Crippen molar-refractivity contribution in [3.63, 3.8) is 0 Å². The number of nitrogens with zero attached hydrogens (tertiary/aromatic N) is 2. The van der Waals surface area contributed by atoms with Crippen molar-refractivity contribution >= 4 is 0 Å². The fourth-order valence-electron chi connectivity index (χ4n) is 1.18. The first-order valence-corrected chi connectivity index (χ1v) is 4.18. The number of terminal acetylenes is 1. The molecule has 3 heteroatoms. The van der Waals surface area contributed by atoms with Gasteiger partial charge in [0.25, 0.3) is 0 Å². The highest BCUT2D eigenvalue weighted by Gasteiger charge is 2.08. The SMILES string of the molecule is C#CCN(C)Cc1oc(C)nc1C. The maximum Gasteiger partial charge on any atom is 0.191 e. The molecule has 0 aliphatic heterocycles. The van der Waals surface area contributed by atoms with Crippen molar-refractivity contribution < 1.29 is 4.42 Å². The number of hydrogen-bond donors (Lipinski definition) is 0. The van der Waals surface area contributed by atoms with Crippen molar-refractivity contribution in [2.75, 3.05) is 13.6 Å². The zero-order valence-electron chi connectivity index (χ0n) is 8.29. The first kappa shape index (κ1) is 9.82. The number of rotatable bonds is 3. The topological polar surface area (TPSA) is 29.3 Å². The maximum absolute atomic E-state index is 5.41. The standard InChI is InChI=1S/C10H14N2O/c1-5-6-12(4)7-10-8(2)11-9(3)13-10/h1H,6-7H2,2-4H3. The minimum Gasteiger partial charge on any atom is -0.444 e. The second kappa shape index (κ2) is 4.11. The Morgan fingerprint density at radius 3 is 2.69 bits per heavy atom. The first-order valence-electron chi connectivity index (χ1n) is 4.18. The molecule has 70 valence electrons. The van der Waals surface area contributed by atoms with Crippen molar-refractivity contribution in [2.24, 2.45) is 0 Å². The van der Waals surface area contributed by atoms with Crippen LogP contribution >= 0.6 is 0 Å². The van der Waals surface area contributed by atoms with Crippen molar-refractivity contribution in [1.29, 1.82) is 0 Å². The molecule has 1 aromatic rings. The average Bonchev–Trinajstić information content (AvgIpc) is 2.30. The van der Waals surface area contributed by atoms with Crippen molar-refractivity contribution in [2.45, 2.75) is 20.4 Å². The predicted octanol–water partition coefficient (Wildman–Crippen LogP) is 1.36. The van der Waals surface area contributed by atoms with Crippen molar-refractivity contribution in [1.82, 2.24) is 9.88 Å². The van der Waals surface area contributed by atoms with Crippen LogP contribution in [0.3, 0.4) is 0 Å².